The first kappa shape index (κ1) is 20.7. The molecule has 0 aliphatic heterocycles. The normalized spacial score (nSPS) is 10.9. The van der Waals surface area contributed by atoms with Crippen molar-refractivity contribution in [2.45, 2.75) is 33.4 Å². The van der Waals surface area contributed by atoms with Gasteiger partial charge in [-0.05, 0) is 37.6 Å². The molecule has 0 fully saturated rings. The van der Waals surface area contributed by atoms with Crippen LogP contribution in [0.4, 0.5) is 0 Å². The fourth-order valence-electron chi connectivity index (χ4n) is 3.13. The number of esters is 1. The molecule has 1 aromatic carbocycles. The topological polar surface area (TPSA) is 83.3 Å². The number of nitrogens with zero attached hydrogens (tertiary/aromatic N) is 3. The molecule has 0 atom stereocenters. The van der Waals surface area contributed by atoms with E-state index in [1.807, 2.05) is 38.1 Å². The molecule has 0 amide bonds. The van der Waals surface area contributed by atoms with Gasteiger partial charge < -0.3 is 9.47 Å². The lowest BCUT2D eigenvalue weighted by Crippen LogP contribution is -2.22. The van der Waals surface area contributed by atoms with Crippen molar-refractivity contribution in [2.75, 3.05) is 0 Å². The third kappa shape index (κ3) is 4.64. The summed E-state index contributed by atoms with van der Waals surface area (Å²) in [6.45, 7) is 4.17. The number of fused-ring (bicyclic) bond motifs is 1. The summed E-state index contributed by atoms with van der Waals surface area (Å²) in [6.07, 6.45) is 4.84. The number of ether oxygens (including phenoxy) is 2. The Morgan fingerprint density at radius 3 is 2.81 bits per heavy atom. The second-order valence-corrected chi connectivity index (χ2v) is 8.22. The van der Waals surface area contributed by atoms with Gasteiger partial charge in [-0.15, -0.1) is 11.3 Å². The SMILES string of the molecule is Cc1sc2ncn(CCC(=O)OCc3ccccc3Oc3cccnc3)c(=O)c2c1C. The number of hydrogen-bond acceptors (Lipinski definition) is 7. The molecule has 4 aromatic rings. The quantitative estimate of drug-likeness (QED) is 0.400. The highest BCUT2D eigenvalue weighted by molar-refractivity contribution is 7.18. The molecule has 0 saturated heterocycles. The van der Waals surface area contributed by atoms with Gasteiger partial charge in [-0.1, -0.05) is 18.2 Å². The number of para-hydroxylation sites is 1. The lowest BCUT2D eigenvalue weighted by atomic mass is 10.2. The molecule has 0 radical (unpaired) electrons. The van der Waals surface area contributed by atoms with Crippen molar-refractivity contribution in [3.05, 3.63) is 81.5 Å². The maximum Gasteiger partial charge on any atom is 0.307 e. The van der Waals surface area contributed by atoms with Crippen LogP contribution in [-0.4, -0.2) is 20.5 Å². The predicted molar refractivity (Wildman–Crippen MR) is 119 cm³/mol. The Bertz CT molecular complexity index is 1280. The Labute approximate surface area is 182 Å². The van der Waals surface area contributed by atoms with Crippen LogP contribution in [0.3, 0.4) is 0 Å². The van der Waals surface area contributed by atoms with Gasteiger partial charge in [0.25, 0.3) is 5.56 Å². The average molecular weight is 436 g/mol. The fourth-order valence-corrected chi connectivity index (χ4v) is 4.12. The molecule has 8 heteroatoms. The van der Waals surface area contributed by atoms with E-state index in [1.54, 1.807) is 24.5 Å². The summed E-state index contributed by atoms with van der Waals surface area (Å²) in [7, 11) is 0. The number of benzene rings is 1. The van der Waals surface area contributed by atoms with Crippen LogP contribution < -0.4 is 10.3 Å². The van der Waals surface area contributed by atoms with E-state index in [0.29, 0.717) is 16.9 Å². The van der Waals surface area contributed by atoms with E-state index in [1.165, 1.54) is 22.2 Å². The summed E-state index contributed by atoms with van der Waals surface area (Å²) in [4.78, 5) is 35.2. The van der Waals surface area contributed by atoms with Crippen LogP contribution in [0.15, 0.2) is 59.9 Å². The Hall–Kier alpha value is -3.52. The Balaban J connectivity index is 1.38. The number of carbonyl (C=O) groups is 1. The summed E-state index contributed by atoms with van der Waals surface area (Å²) in [5.41, 5.74) is 1.55. The number of carbonyl (C=O) groups excluding carboxylic acids is 1. The van der Waals surface area contributed by atoms with Gasteiger partial charge in [0.2, 0.25) is 0 Å². The number of rotatable bonds is 7. The molecule has 3 aromatic heterocycles. The first-order chi connectivity index (χ1) is 15.0. The summed E-state index contributed by atoms with van der Waals surface area (Å²) < 4.78 is 12.7. The summed E-state index contributed by atoms with van der Waals surface area (Å²) in [5.74, 6) is 0.793. The summed E-state index contributed by atoms with van der Waals surface area (Å²) >= 11 is 1.50. The number of hydrogen-bond donors (Lipinski definition) is 0. The van der Waals surface area contributed by atoms with Crippen molar-refractivity contribution in [3.63, 3.8) is 0 Å². The highest BCUT2D eigenvalue weighted by Crippen LogP contribution is 2.26. The third-order valence-corrected chi connectivity index (χ3v) is 6.05. The highest BCUT2D eigenvalue weighted by Gasteiger charge is 2.14. The van der Waals surface area contributed by atoms with Gasteiger partial charge in [0.05, 0.1) is 24.3 Å². The lowest BCUT2D eigenvalue weighted by molar-refractivity contribution is -0.145. The monoisotopic (exact) mass is 435 g/mol. The molecule has 0 aliphatic carbocycles. The molecule has 0 N–H and O–H groups in total. The Morgan fingerprint density at radius 2 is 2.00 bits per heavy atom. The Kier molecular flexibility index (Phi) is 6.08. The standard InChI is InChI=1S/C23H21N3O4S/c1-15-16(2)31-22-21(15)23(28)26(14-25-22)11-9-20(27)29-13-17-6-3-4-8-19(17)30-18-7-5-10-24-12-18/h3-8,10,12,14H,9,11,13H2,1-2H3. The molecule has 4 rings (SSSR count). The smallest absolute Gasteiger partial charge is 0.307 e. The van der Waals surface area contributed by atoms with E-state index in [9.17, 15) is 9.59 Å². The van der Waals surface area contributed by atoms with E-state index in [-0.39, 0.29) is 25.1 Å². The van der Waals surface area contributed by atoms with Crippen LogP contribution in [0.2, 0.25) is 0 Å². The van der Waals surface area contributed by atoms with Gasteiger partial charge in [-0.2, -0.15) is 0 Å². The van der Waals surface area contributed by atoms with Crippen LogP contribution >= 0.6 is 11.3 Å². The molecule has 3 heterocycles. The number of aromatic nitrogens is 3. The molecule has 31 heavy (non-hydrogen) atoms. The molecule has 0 unspecified atom stereocenters. The van der Waals surface area contributed by atoms with Gasteiger partial charge in [0.15, 0.2) is 0 Å². The van der Waals surface area contributed by atoms with Gasteiger partial charge in [-0.3, -0.25) is 19.1 Å². The molecular formula is C23H21N3O4S. The highest BCUT2D eigenvalue weighted by atomic mass is 32.1. The van der Waals surface area contributed by atoms with Crippen LogP contribution in [-0.2, 0) is 22.7 Å². The van der Waals surface area contributed by atoms with E-state index >= 15 is 0 Å². The van der Waals surface area contributed by atoms with Crippen molar-refractivity contribution in [1.82, 2.24) is 14.5 Å². The summed E-state index contributed by atoms with van der Waals surface area (Å²) in [5, 5.41) is 0.625. The van der Waals surface area contributed by atoms with Crippen LogP contribution in [0.5, 0.6) is 11.5 Å². The molecule has 7 nitrogen and oxygen atoms in total. The molecule has 0 aliphatic rings. The second kappa shape index (κ2) is 9.09. The minimum atomic E-state index is -0.401. The Morgan fingerprint density at radius 1 is 1.16 bits per heavy atom. The van der Waals surface area contributed by atoms with Crippen LogP contribution in [0.25, 0.3) is 10.2 Å². The minimum absolute atomic E-state index is 0.0703. The van der Waals surface area contributed by atoms with Gasteiger partial charge in [-0.25, -0.2) is 4.98 Å². The molecule has 158 valence electrons. The van der Waals surface area contributed by atoms with Gasteiger partial charge in [0.1, 0.15) is 22.9 Å². The van der Waals surface area contributed by atoms with Crippen LogP contribution in [0, 0.1) is 13.8 Å². The van der Waals surface area contributed by atoms with Crippen molar-refractivity contribution >= 4 is 27.5 Å². The van der Waals surface area contributed by atoms with E-state index in [2.05, 4.69) is 9.97 Å². The maximum absolute atomic E-state index is 12.7. The molecular weight excluding hydrogens is 414 g/mol. The molecule has 0 spiro atoms. The van der Waals surface area contributed by atoms with E-state index in [0.717, 1.165) is 20.8 Å². The fraction of sp³-hybridized carbons (Fsp3) is 0.217. The second-order valence-electron chi connectivity index (χ2n) is 7.02. The first-order valence-electron chi connectivity index (χ1n) is 9.79. The summed E-state index contributed by atoms with van der Waals surface area (Å²) in [6, 6.07) is 10.9. The number of thiophene rings is 1. The van der Waals surface area contributed by atoms with Crippen molar-refractivity contribution < 1.29 is 14.3 Å². The largest absolute Gasteiger partial charge is 0.461 e. The maximum atomic E-state index is 12.7. The number of aryl methyl sites for hydroxylation is 3. The van der Waals surface area contributed by atoms with Gasteiger partial charge in [0, 0.05) is 23.2 Å². The van der Waals surface area contributed by atoms with Crippen LogP contribution in [0.1, 0.15) is 22.4 Å². The van der Waals surface area contributed by atoms with E-state index in [4.69, 9.17) is 9.47 Å². The van der Waals surface area contributed by atoms with Crippen molar-refractivity contribution in [2.24, 2.45) is 0 Å². The third-order valence-electron chi connectivity index (χ3n) is 4.94. The molecule has 0 bridgehead atoms. The van der Waals surface area contributed by atoms with E-state index < -0.39 is 5.97 Å². The van der Waals surface area contributed by atoms with Crippen molar-refractivity contribution in [3.8, 4) is 11.5 Å². The average Bonchev–Trinajstić information content (AvgIpc) is 3.07. The van der Waals surface area contributed by atoms with Crippen molar-refractivity contribution in [1.29, 1.82) is 0 Å². The predicted octanol–water partition coefficient (Wildman–Crippen LogP) is 4.40. The minimum Gasteiger partial charge on any atom is -0.461 e. The molecule has 0 saturated carbocycles. The number of pyridine rings is 1. The zero-order valence-electron chi connectivity index (χ0n) is 17.2. The van der Waals surface area contributed by atoms with Gasteiger partial charge >= 0.3 is 5.97 Å². The first-order valence-corrected chi connectivity index (χ1v) is 10.6. The lowest BCUT2D eigenvalue weighted by Gasteiger charge is -2.11. The zero-order chi connectivity index (χ0) is 21.8. The zero-order valence-corrected chi connectivity index (χ0v) is 18.0.